The highest BCUT2D eigenvalue weighted by atomic mass is 19.1. The van der Waals surface area contributed by atoms with Crippen molar-refractivity contribution in [3.8, 4) is 0 Å². The number of halogens is 1. The summed E-state index contributed by atoms with van der Waals surface area (Å²) in [6, 6.07) is 8.46. The Bertz CT molecular complexity index is 442. The molecule has 1 aliphatic heterocycles. The Hall–Kier alpha value is -0.930. The summed E-state index contributed by atoms with van der Waals surface area (Å²) in [5, 5.41) is 3.77. The van der Waals surface area contributed by atoms with Crippen molar-refractivity contribution in [1.29, 1.82) is 0 Å². The first-order valence-corrected chi connectivity index (χ1v) is 7.99. The Labute approximate surface area is 121 Å². The minimum absolute atomic E-state index is 0.0363. The molecule has 0 spiro atoms. The van der Waals surface area contributed by atoms with E-state index in [4.69, 9.17) is 0 Å². The molecule has 2 nitrogen and oxygen atoms in total. The van der Waals surface area contributed by atoms with Gasteiger partial charge in [-0.25, -0.2) is 4.39 Å². The Kier molecular flexibility index (Phi) is 4.37. The lowest BCUT2D eigenvalue weighted by Crippen LogP contribution is -2.52. The molecular formula is C17H25FN2. The maximum atomic E-state index is 13.7. The number of hydrogen-bond donors (Lipinski definition) is 1. The zero-order valence-electron chi connectivity index (χ0n) is 12.3. The lowest BCUT2D eigenvalue weighted by atomic mass is 9.75. The van der Waals surface area contributed by atoms with E-state index in [0.717, 1.165) is 24.9 Å². The molecule has 1 aliphatic carbocycles. The molecule has 1 N–H and O–H groups in total. The average molecular weight is 276 g/mol. The van der Waals surface area contributed by atoms with Crippen LogP contribution in [0.1, 0.15) is 44.1 Å². The predicted molar refractivity (Wildman–Crippen MR) is 80.4 cm³/mol. The van der Waals surface area contributed by atoms with Gasteiger partial charge >= 0.3 is 0 Å². The Morgan fingerprint density at radius 3 is 2.80 bits per heavy atom. The molecule has 0 amide bonds. The zero-order valence-corrected chi connectivity index (χ0v) is 12.3. The number of likely N-dealkylation sites (N-methyl/N-ethyl adjacent to an activating group) is 1. The van der Waals surface area contributed by atoms with Gasteiger partial charge in [0.1, 0.15) is 5.82 Å². The summed E-state index contributed by atoms with van der Waals surface area (Å²) in [6.45, 7) is 5.81. The molecule has 3 heteroatoms. The minimum atomic E-state index is -0.0363. The summed E-state index contributed by atoms with van der Waals surface area (Å²) in [7, 11) is 0. The van der Waals surface area contributed by atoms with Crippen LogP contribution in [0.15, 0.2) is 24.3 Å². The van der Waals surface area contributed by atoms with Gasteiger partial charge in [0.05, 0.1) is 0 Å². The van der Waals surface area contributed by atoms with Crippen molar-refractivity contribution in [3.05, 3.63) is 35.6 Å². The number of nitrogens with zero attached hydrogens (tertiary/aromatic N) is 1. The van der Waals surface area contributed by atoms with Gasteiger partial charge in [0, 0.05) is 18.6 Å². The van der Waals surface area contributed by atoms with E-state index in [1.165, 1.54) is 25.9 Å². The van der Waals surface area contributed by atoms with Crippen molar-refractivity contribution in [1.82, 2.24) is 10.2 Å². The van der Waals surface area contributed by atoms with Crippen LogP contribution in [-0.2, 0) is 0 Å². The summed E-state index contributed by atoms with van der Waals surface area (Å²) in [6.07, 6.45) is 4.76. The molecule has 1 unspecified atom stereocenters. The van der Waals surface area contributed by atoms with Crippen molar-refractivity contribution >= 4 is 0 Å². The third-order valence-corrected chi connectivity index (χ3v) is 4.91. The largest absolute Gasteiger partial charge is 0.310 e. The number of nitrogens with one attached hydrogen (secondary N) is 1. The SMILES string of the molecule is CCN1CCCC(NC2CC(c3ccccc3F)C2)C1. The zero-order chi connectivity index (χ0) is 13.9. The molecule has 110 valence electrons. The molecule has 0 aromatic heterocycles. The normalized spacial score (nSPS) is 31.0. The minimum Gasteiger partial charge on any atom is -0.310 e. The van der Waals surface area contributed by atoms with Crippen LogP contribution in [0, 0.1) is 5.82 Å². The van der Waals surface area contributed by atoms with Gasteiger partial charge in [-0.2, -0.15) is 0 Å². The number of rotatable bonds is 4. The molecule has 1 saturated heterocycles. The maximum Gasteiger partial charge on any atom is 0.126 e. The monoisotopic (exact) mass is 276 g/mol. The van der Waals surface area contributed by atoms with Gasteiger partial charge in [-0.15, -0.1) is 0 Å². The van der Waals surface area contributed by atoms with Gasteiger partial charge in [0.25, 0.3) is 0 Å². The fourth-order valence-electron chi connectivity index (χ4n) is 3.63. The van der Waals surface area contributed by atoms with Crippen LogP contribution >= 0.6 is 0 Å². The van der Waals surface area contributed by atoms with Crippen LogP contribution in [-0.4, -0.2) is 36.6 Å². The number of likely N-dealkylation sites (tertiary alicyclic amines) is 1. The Morgan fingerprint density at radius 1 is 1.25 bits per heavy atom. The molecule has 1 saturated carbocycles. The van der Waals surface area contributed by atoms with Crippen molar-refractivity contribution in [2.24, 2.45) is 0 Å². The summed E-state index contributed by atoms with van der Waals surface area (Å²) in [4.78, 5) is 2.52. The van der Waals surface area contributed by atoms with Crippen molar-refractivity contribution < 1.29 is 4.39 Å². The van der Waals surface area contributed by atoms with Gasteiger partial charge < -0.3 is 10.2 Å². The van der Waals surface area contributed by atoms with Gasteiger partial charge in [-0.3, -0.25) is 0 Å². The van der Waals surface area contributed by atoms with Crippen LogP contribution in [0.4, 0.5) is 4.39 Å². The molecule has 1 heterocycles. The highest BCUT2D eigenvalue weighted by Crippen LogP contribution is 2.38. The quantitative estimate of drug-likeness (QED) is 0.909. The highest BCUT2D eigenvalue weighted by Gasteiger charge is 2.33. The molecule has 1 aromatic carbocycles. The van der Waals surface area contributed by atoms with E-state index in [2.05, 4.69) is 17.1 Å². The summed E-state index contributed by atoms with van der Waals surface area (Å²) < 4.78 is 13.7. The first-order valence-electron chi connectivity index (χ1n) is 7.99. The van der Waals surface area contributed by atoms with Gasteiger partial charge in [0.2, 0.25) is 0 Å². The fraction of sp³-hybridized carbons (Fsp3) is 0.647. The molecule has 2 aliphatic rings. The molecule has 20 heavy (non-hydrogen) atoms. The lowest BCUT2D eigenvalue weighted by Gasteiger charge is -2.41. The average Bonchev–Trinajstić information content (AvgIpc) is 2.44. The predicted octanol–water partition coefficient (Wildman–Crippen LogP) is 3.15. The first kappa shape index (κ1) is 14.0. The molecular weight excluding hydrogens is 251 g/mol. The van der Waals surface area contributed by atoms with Crippen LogP contribution in [0.5, 0.6) is 0 Å². The van der Waals surface area contributed by atoms with E-state index in [0.29, 0.717) is 18.0 Å². The van der Waals surface area contributed by atoms with E-state index in [1.807, 2.05) is 12.1 Å². The van der Waals surface area contributed by atoms with E-state index in [1.54, 1.807) is 12.1 Å². The van der Waals surface area contributed by atoms with Crippen molar-refractivity contribution in [2.75, 3.05) is 19.6 Å². The van der Waals surface area contributed by atoms with Crippen LogP contribution in [0.3, 0.4) is 0 Å². The second-order valence-electron chi connectivity index (χ2n) is 6.29. The van der Waals surface area contributed by atoms with E-state index >= 15 is 0 Å². The fourth-order valence-corrected chi connectivity index (χ4v) is 3.63. The Balaban J connectivity index is 1.48. The smallest absolute Gasteiger partial charge is 0.126 e. The van der Waals surface area contributed by atoms with Gasteiger partial charge in [-0.05, 0) is 56.3 Å². The molecule has 3 rings (SSSR count). The standard InChI is InChI=1S/C17H25FN2/c1-2-20-9-5-6-14(12-20)19-15-10-13(11-15)16-7-3-4-8-17(16)18/h3-4,7-8,13-15,19H,2,5-6,9-12H2,1H3. The van der Waals surface area contributed by atoms with E-state index in [-0.39, 0.29) is 5.82 Å². The topological polar surface area (TPSA) is 15.3 Å². The third kappa shape index (κ3) is 3.04. The molecule has 1 aromatic rings. The lowest BCUT2D eigenvalue weighted by molar-refractivity contribution is 0.167. The van der Waals surface area contributed by atoms with Crippen molar-refractivity contribution in [3.63, 3.8) is 0 Å². The molecule has 0 radical (unpaired) electrons. The summed E-state index contributed by atoms with van der Waals surface area (Å²) in [5.41, 5.74) is 0.907. The molecule has 1 atom stereocenters. The second kappa shape index (κ2) is 6.23. The van der Waals surface area contributed by atoms with Gasteiger partial charge in [-0.1, -0.05) is 25.1 Å². The number of benzene rings is 1. The Morgan fingerprint density at radius 2 is 2.05 bits per heavy atom. The first-order chi connectivity index (χ1) is 9.76. The molecule has 2 fully saturated rings. The van der Waals surface area contributed by atoms with E-state index < -0.39 is 0 Å². The van der Waals surface area contributed by atoms with Crippen molar-refractivity contribution in [2.45, 2.75) is 50.6 Å². The van der Waals surface area contributed by atoms with E-state index in [9.17, 15) is 4.39 Å². The van der Waals surface area contributed by atoms with Crippen LogP contribution in [0.2, 0.25) is 0 Å². The molecule has 0 bridgehead atoms. The summed E-state index contributed by atoms with van der Waals surface area (Å²) in [5.74, 6) is 0.380. The van der Waals surface area contributed by atoms with Crippen LogP contribution in [0.25, 0.3) is 0 Å². The summed E-state index contributed by atoms with van der Waals surface area (Å²) >= 11 is 0. The highest BCUT2D eigenvalue weighted by molar-refractivity contribution is 5.24. The van der Waals surface area contributed by atoms with Gasteiger partial charge in [0.15, 0.2) is 0 Å². The number of hydrogen-bond acceptors (Lipinski definition) is 2. The second-order valence-corrected chi connectivity index (χ2v) is 6.29. The number of piperidine rings is 1. The third-order valence-electron chi connectivity index (χ3n) is 4.91. The van der Waals surface area contributed by atoms with Crippen LogP contribution < -0.4 is 5.32 Å². The maximum absolute atomic E-state index is 13.7.